The van der Waals surface area contributed by atoms with Crippen molar-refractivity contribution in [3.63, 3.8) is 0 Å². The fraction of sp³-hybridized carbons (Fsp3) is 0.467. The van der Waals surface area contributed by atoms with Crippen LogP contribution in [0.4, 0.5) is 0 Å². The number of nitrogens with zero attached hydrogens (tertiary/aromatic N) is 1. The third-order valence-electron chi connectivity index (χ3n) is 2.95. The first-order chi connectivity index (χ1) is 8.96. The van der Waals surface area contributed by atoms with Crippen molar-refractivity contribution in [3.8, 4) is 11.8 Å². The van der Waals surface area contributed by atoms with Gasteiger partial charge in [0.15, 0.2) is 5.41 Å². The van der Waals surface area contributed by atoms with E-state index in [2.05, 4.69) is 6.07 Å². The van der Waals surface area contributed by atoms with Crippen LogP contribution in [0.15, 0.2) is 18.2 Å². The molecule has 1 rings (SSSR count). The molecule has 0 radical (unpaired) electrons. The lowest BCUT2D eigenvalue weighted by Gasteiger charge is -2.21. The van der Waals surface area contributed by atoms with Crippen LogP contribution in [0.1, 0.15) is 25.0 Å². The lowest BCUT2D eigenvalue weighted by atomic mass is 9.84. The molecule has 19 heavy (non-hydrogen) atoms. The standard InChI is InChI=1S/C15H19NO3/c1-5-19-14(17)15(3,10-16)9-12-8-11(2)6-7-13(12)18-4/h6-8H,5,9H2,1-4H3. The fourth-order valence-electron chi connectivity index (χ4n) is 1.87. The maximum absolute atomic E-state index is 11.9. The van der Waals surface area contributed by atoms with E-state index >= 15 is 0 Å². The van der Waals surface area contributed by atoms with E-state index in [1.807, 2.05) is 25.1 Å². The van der Waals surface area contributed by atoms with Crippen molar-refractivity contribution < 1.29 is 14.3 Å². The second kappa shape index (κ2) is 6.24. The van der Waals surface area contributed by atoms with Gasteiger partial charge in [-0.05, 0) is 32.4 Å². The summed E-state index contributed by atoms with van der Waals surface area (Å²) in [5, 5.41) is 9.28. The van der Waals surface area contributed by atoms with E-state index in [1.165, 1.54) is 0 Å². The average molecular weight is 261 g/mol. The Bertz CT molecular complexity index is 505. The van der Waals surface area contributed by atoms with Crippen LogP contribution >= 0.6 is 0 Å². The van der Waals surface area contributed by atoms with Gasteiger partial charge in [0, 0.05) is 6.42 Å². The monoisotopic (exact) mass is 261 g/mol. The molecule has 0 aromatic heterocycles. The first kappa shape index (κ1) is 15.0. The number of benzene rings is 1. The number of carbonyl (C=O) groups is 1. The number of carbonyl (C=O) groups excluding carboxylic acids is 1. The molecule has 0 aliphatic rings. The predicted octanol–water partition coefficient (Wildman–Crippen LogP) is 2.64. The van der Waals surface area contributed by atoms with Crippen LogP contribution in [0.5, 0.6) is 5.75 Å². The van der Waals surface area contributed by atoms with Crippen molar-refractivity contribution >= 4 is 5.97 Å². The van der Waals surface area contributed by atoms with E-state index in [1.54, 1.807) is 21.0 Å². The summed E-state index contributed by atoms with van der Waals surface area (Å²) in [5.74, 6) is 0.178. The van der Waals surface area contributed by atoms with Gasteiger partial charge < -0.3 is 9.47 Å². The number of hydrogen-bond acceptors (Lipinski definition) is 4. The van der Waals surface area contributed by atoms with Gasteiger partial charge in [0.25, 0.3) is 0 Å². The minimum Gasteiger partial charge on any atom is -0.496 e. The zero-order valence-electron chi connectivity index (χ0n) is 11.8. The quantitative estimate of drug-likeness (QED) is 0.764. The molecule has 1 atom stereocenters. The van der Waals surface area contributed by atoms with Gasteiger partial charge in [-0.3, -0.25) is 4.79 Å². The van der Waals surface area contributed by atoms with Gasteiger partial charge in [0.05, 0.1) is 19.8 Å². The predicted molar refractivity (Wildman–Crippen MR) is 71.8 cm³/mol. The third kappa shape index (κ3) is 3.47. The Balaban J connectivity index is 3.08. The minimum atomic E-state index is -1.20. The summed E-state index contributed by atoms with van der Waals surface area (Å²) in [4.78, 5) is 11.9. The largest absolute Gasteiger partial charge is 0.496 e. The molecule has 0 saturated heterocycles. The van der Waals surface area contributed by atoms with Gasteiger partial charge in [-0.15, -0.1) is 0 Å². The molecule has 0 amide bonds. The lowest BCUT2D eigenvalue weighted by molar-refractivity contribution is -0.151. The number of methoxy groups -OCH3 is 1. The highest BCUT2D eigenvalue weighted by Gasteiger charge is 2.36. The summed E-state index contributed by atoms with van der Waals surface area (Å²) in [6, 6.07) is 7.74. The van der Waals surface area contributed by atoms with Crippen LogP contribution in [0.25, 0.3) is 0 Å². The maximum Gasteiger partial charge on any atom is 0.326 e. The van der Waals surface area contributed by atoms with Crippen LogP contribution in [0.3, 0.4) is 0 Å². The maximum atomic E-state index is 11.9. The Morgan fingerprint density at radius 2 is 2.16 bits per heavy atom. The first-order valence-electron chi connectivity index (χ1n) is 6.19. The number of rotatable bonds is 5. The summed E-state index contributed by atoms with van der Waals surface area (Å²) >= 11 is 0. The van der Waals surface area contributed by atoms with Crippen molar-refractivity contribution in [1.29, 1.82) is 5.26 Å². The number of aryl methyl sites for hydroxylation is 1. The molecule has 0 aliphatic carbocycles. The van der Waals surface area contributed by atoms with E-state index < -0.39 is 11.4 Å². The Kier molecular flexibility index (Phi) is 4.94. The Morgan fingerprint density at radius 3 is 2.68 bits per heavy atom. The van der Waals surface area contributed by atoms with Crippen molar-refractivity contribution in [1.82, 2.24) is 0 Å². The van der Waals surface area contributed by atoms with Crippen LogP contribution in [-0.2, 0) is 16.0 Å². The summed E-state index contributed by atoms with van der Waals surface area (Å²) < 4.78 is 10.2. The normalized spacial score (nSPS) is 13.2. The molecule has 0 aliphatic heterocycles. The number of nitriles is 1. The molecule has 0 saturated carbocycles. The number of esters is 1. The smallest absolute Gasteiger partial charge is 0.326 e. The Morgan fingerprint density at radius 1 is 1.47 bits per heavy atom. The highest BCUT2D eigenvalue weighted by molar-refractivity contribution is 5.80. The third-order valence-corrected chi connectivity index (χ3v) is 2.95. The van der Waals surface area contributed by atoms with Gasteiger partial charge in [0.2, 0.25) is 0 Å². The SMILES string of the molecule is CCOC(=O)C(C)(C#N)Cc1cc(C)ccc1OC. The highest BCUT2D eigenvalue weighted by Crippen LogP contribution is 2.29. The van der Waals surface area contributed by atoms with E-state index in [-0.39, 0.29) is 13.0 Å². The zero-order chi connectivity index (χ0) is 14.5. The molecule has 1 unspecified atom stereocenters. The zero-order valence-corrected chi connectivity index (χ0v) is 11.8. The first-order valence-corrected chi connectivity index (χ1v) is 6.19. The molecule has 0 bridgehead atoms. The van der Waals surface area contributed by atoms with Crippen LogP contribution in [0, 0.1) is 23.7 Å². The van der Waals surface area contributed by atoms with Gasteiger partial charge in [0.1, 0.15) is 5.75 Å². The number of ether oxygens (including phenoxy) is 2. The summed E-state index contributed by atoms with van der Waals surface area (Å²) in [5.41, 5.74) is 0.691. The topological polar surface area (TPSA) is 59.3 Å². The van der Waals surface area contributed by atoms with Gasteiger partial charge in [-0.2, -0.15) is 5.26 Å². The molecular formula is C15H19NO3. The van der Waals surface area contributed by atoms with E-state index in [0.717, 1.165) is 11.1 Å². The van der Waals surface area contributed by atoms with Gasteiger partial charge >= 0.3 is 5.97 Å². The lowest BCUT2D eigenvalue weighted by Crippen LogP contribution is -2.30. The molecule has 0 heterocycles. The van der Waals surface area contributed by atoms with E-state index in [0.29, 0.717) is 5.75 Å². The van der Waals surface area contributed by atoms with Crippen molar-refractivity contribution in [2.45, 2.75) is 27.2 Å². The highest BCUT2D eigenvalue weighted by atomic mass is 16.5. The average Bonchev–Trinajstić information content (AvgIpc) is 2.39. The Hall–Kier alpha value is -2.02. The van der Waals surface area contributed by atoms with Crippen LogP contribution < -0.4 is 4.74 Å². The molecule has 1 aromatic carbocycles. The van der Waals surface area contributed by atoms with E-state index in [9.17, 15) is 10.1 Å². The van der Waals surface area contributed by atoms with E-state index in [4.69, 9.17) is 9.47 Å². The minimum absolute atomic E-state index is 0.265. The van der Waals surface area contributed by atoms with Crippen molar-refractivity contribution in [3.05, 3.63) is 29.3 Å². The van der Waals surface area contributed by atoms with Crippen molar-refractivity contribution in [2.75, 3.05) is 13.7 Å². The van der Waals surface area contributed by atoms with Gasteiger partial charge in [-0.25, -0.2) is 0 Å². The molecule has 0 spiro atoms. The summed E-state index contributed by atoms with van der Waals surface area (Å²) in [6.07, 6.45) is 0.271. The number of hydrogen-bond donors (Lipinski definition) is 0. The Labute approximate surface area is 113 Å². The molecular weight excluding hydrogens is 242 g/mol. The second-order valence-corrected chi connectivity index (χ2v) is 4.66. The second-order valence-electron chi connectivity index (χ2n) is 4.66. The molecule has 0 fully saturated rings. The summed E-state index contributed by atoms with van der Waals surface area (Å²) in [7, 11) is 1.57. The van der Waals surface area contributed by atoms with Crippen LogP contribution in [0.2, 0.25) is 0 Å². The molecule has 102 valence electrons. The molecule has 4 nitrogen and oxygen atoms in total. The van der Waals surface area contributed by atoms with Gasteiger partial charge in [-0.1, -0.05) is 17.7 Å². The molecule has 4 heteroatoms. The molecule has 0 N–H and O–H groups in total. The van der Waals surface area contributed by atoms with Crippen LogP contribution in [-0.4, -0.2) is 19.7 Å². The fourth-order valence-corrected chi connectivity index (χ4v) is 1.87. The summed E-state index contributed by atoms with van der Waals surface area (Å²) in [6.45, 7) is 5.54. The molecule has 1 aromatic rings. The van der Waals surface area contributed by atoms with Crippen molar-refractivity contribution in [2.24, 2.45) is 5.41 Å².